The molecule has 0 radical (unpaired) electrons. The van der Waals surface area contributed by atoms with Crippen molar-refractivity contribution in [2.75, 3.05) is 49.8 Å². The summed E-state index contributed by atoms with van der Waals surface area (Å²) in [5, 5.41) is 0.210. The van der Waals surface area contributed by atoms with E-state index in [1.54, 1.807) is 12.1 Å². The first-order valence-corrected chi connectivity index (χ1v) is 9.13. The van der Waals surface area contributed by atoms with E-state index in [9.17, 15) is 4.79 Å². The molecule has 2 aromatic carbocycles. The molecule has 1 aromatic heterocycles. The normalized spacial score (nSPS) is 10.5. The summed E-state index contributed by atoms with van der Waals surface area (Å²) in [5.74, 6) is 2.42. The zero-order chi connectivity index (χ0) is 22.7. The van der Waals surface area contributed by atoms with E-state index in [1.165, 1.54) is 55.8 Å². The standard InChI is InChI=1S/C22H24O9/c1-24-12-9-15(25-2)20(28-5)22(30-7)18(12)13-8-11(23)17-14(31-13)10-16(26-3)19(27-4)21(17)29-6/h8-10H,1-7H3. The minimum atomic E-state index is -0.354. The third kappa shape index (κ3) is 3.52. The van der Waals surface area contributed by atoms with Crippen LogP contribution >= 0.6 is 0 Å². The molecule has 166 valence electrons. The van der Waals surface area contributed by atoms with Gasteiger partial charge in [-0.1, -0.05) is 0 Å². The van der Waals surface area contributed by atoms with Gasteiger partial charge in [0.2, 0.25) is 11.5 Å². The van der Waals surface area contributed by atoms with E-state index in [4.69, 9.17) is 37.6 Å². The summed E-state index contributed by atoms with van der Waals surface area (Å²) in [6, 6.07) is 4.50. The van der Waals surface area contributed by atoms with Gasteiger partial charge in [0.15, 0.2) is 28.4 Å². The molecule has 0 spiro atoms. The van der Waals surface area contributed by atoms with Gasteiger partial charge in [0.1, 0.15) is 28.0 Å². The molecular formula is C22H24O9. The van der Waals surface area contributed by atoms with Gasteiger partial charge in [0, 0.05) is 18.2 Å². The molecule has 3 rings (SSSR count). The molecule has 0 saturated carbocycles. The van der Waals surface area contributed by atoms with Crippen molar-refractivity contribution in [3.8, 4) is 51.6 Å². The van der Waals surface area contributed by atoms with Gasteiger partial charge in [0.05, 0.1) is 49.8 Å². The molecule has 0 aliphatic heterocycles. The molecule has 9 nitrogen and oxygen atoms in total. The summed E-state index contributed by atoms with van der Waals surface area (Å²) in [6.07, 6.45) is 0. The van der Waals surface area contributed by atoms with Gasteiger partial charge in [-0.3, -0.25) is 4.79 Å². The molecule has 0 amide bonds. The quantitative estimate of drug-likeness (QED) is 0.530. The van der Waals surface area contributed by atoms with Crippen molar-refractivity contribution in [1.82, 2.24) is 0 Å². The number of ether oxygens (including phenoxy) is 7. The van der Waals surface area contributed by atoms with Crippen molar-refractivity contribution < 1.29 is 37.6 Å². The van der Waals surface area contributed by atoms with Gasteiger partial charge in [-0.05, 0) is 0 Å². The van der Waals surface area contributed by atoms with E-state index in [0.29, 0.717) is 34.3 Å². The van der Waals surface area contributed by atoms with Gasteiger partial charge in [-0.25, -0.2) is 0 Å². The zero-order valence-corrected chi connectivity index (χ0v) is 18.4. The number of fused-ring (bicyclic) bond motifs is 1. The van der Waals surface area contributed by atoms with E-state index < -0.39 is 0 Å². The monoisotopic (exact) mass is 432 g/mol. The van der Waals surface area contributed by atoms with Crippen molar-refractivity contribution >= 4 is 11.0 Å². The lowest BCUT2D eigenvalue weighted by atomic mass is 10.1. The molecule has 9 heteroatoms. The van der Waals surface area contributed by atoms with Crippen molar-refractivity contribution in [2.24, 2.45) is 0 Å². The van der Waals surface area contributed by atoms with Crippen LogP contribution in [0.5, 0.6) is 40.2 Å². The highest BCUT2D eigenvalue weighted by molar-refractivity contribution is 5.91. The second-order valence-electron chi connectivity index (χ2n) is 6.22. The van der Waals surface area contributed by atoms with Crippen LogP contribution in [0.1, 0.15) is 0 Å². The summed E-state index contributed by atoms with van der Waals surface area (Å²) < 4.78 is 44.2. The van der Waals surface area contributed by atoms with Gasteiger partial charge in [0.25, 0.3) is 0 Å². The van der Waals surface area contributed by atoms with Crippen molar-refractivity contribution in [1.29, 1.82) is 0 Å². The summed E-state index contributed by atoms with van der Waals surface area (Å²) in [5.41, 5.74) is 0.263. The van der Waals surface area contributed by atoms with E-state index >= 15 is 0 Å². The Labute approximate surface area is 178 Å². The fraction of sp³-hybridized carbons (Fsp3) is 0.318. The first-order valence-electron chi connectivity index (χ1n) is 9.13. The molecule has 31 heavy (non-hydrogen) atoms. The van der Waals surface area contributed by atoms with Crippen LogP contribution in [0.15, 0.2) is 27.4 Å². The average Bonchev–Trinajstić information content (AvgIpc) is 2.80. The second-order valence-corrected chi connectivity index (χ2v) is 6.22. The van der Waals surface area contributed by atoms with Gasteiger partial charge in [-0.15, -0.1) is 0 Å². The van der Waals surface area contributed by atoms with Crippen LogP contribution in [-0.4, -0.2) is 49.8 Å². The van der Waals surface area contributed by atoms with Gasteiger partial charge >= 0.3 is 0 Å². The van der Waals surface area contributed by atoms with Crippen molar-refractivity contribution in [3.05, 3.63) is 28.4 Å². The summed E-state index contributed by atoms with van der Waals surface area (Å²) in [6.45, 7) is 0. The Bertz CT molecular complexity index is 1160. The topological polar surface area (TPSA) is 94.8 Å². The molecule has 0 N–H and O–H groups in total. The minimum Gasteiger partial charge on any atom is -0.496 e. The predicted molar refractivity (Wildman–Crippen MR) is 114 cm³/mol. The first-order chi connectivity index (χ1) is 15.0. The highest BCUT2D eigenvalue weighted by Crippen LogP contribution is 2.50. The number of benzene rings is 2. The van der Waals surface area contributed by atoms with Crippen molar-refractivity contribution in [3.63, 3.8) is 0 Å². The van der Waals surface area contributed by atoms with Crippen molar-refractivity contribution in [2.45, 2.75) is 0 Å². The SMILES string of the molecule is COc1cc(OC)c(-c2cc(=O)c3c(OC)c(OC)c(OC)cc3o2)c(OC)c1OC. The number of hydrogen-bond donors (Lipinski definition) is 0. The molecule has 0 atom stereocenters. The van der Waals surface area contributed by atoms with Crippen LogP contribution in [-0.2, 0) is 0 Å². The van der Waals surface area contributed by atoms with E-state index in [1.807, 2.05) is 0 Å². The van der Waals surface area contributed by atoms with E-state index in [-0.39, 0.29) is 33.7 Å². The molecule has 0 fully saturated rings. The number of hydrogen-bond acceptors (Lipinski definition) is 9. The average molecular weight is 432 g/mol. The third-order valence-electron chi connectivity index (χ3n) is 4.78. The Kier molecular flexibility index (Phi) is 6.33. The zero-order valence-electron chi connectivity index (χ0n) is 18.4. The Hall–Kier alpha value is -3.75. The smallest absolute Gasteiger partial charge is 0.204 e. The molecule has 1 heterocycles. The molecule has 0 unspecified atom stereocenters. The van der Waals surface area contributed by atoms with Crippen LogP contribution in [0.4, 0.5) is 0 Å². The molecule has 3 aromatic rings. The Morgan fingerprint density at radius 3 is 1.61 bits per heavy atom. The summed E-state index contributed by atoms with van der Waals surface area (Å²) >= 11 is 0. The Balaban J connectivity index is 2.43. The number of rotatable bonds is 8. The lowest BCUT2D eigenvalue weighted by Gasteiger charge is -2.19. The molecule has 0 aliphatic rings. The van der Waals surface area contributed by atoms with Crippen LogP contribution in [0, 0.1) is 0 Å². The summed E-state index contributed by atoms with van der Waals surface area (Å²) in [4.78, 5) is 13.1. The molecule has 0 bridgehead atoms. The second kappa shape index (κ2) is 8.95. The van der Waals surface area contributed by atoms with Crippen LogP contribution in [0.2, 0.25) is 0 Å². The molecule has 0 aliphatic carbocycles. The third-order valence-corrected chi connectivity index (χ3v) is 4.78. The fourth-order valence-electron chi connectivity index (χ4n) is 3.44. The van der Waals surface area contributed by atoms with Crippen LogP contribution < -0.4 is 38.6 Å². The fourth-order valence-corrected chi connectivity index (χ4v) is 3.44. The Morgan fingerprint density at radius 1 is 0.581 bits per heavy atom. The van der Waals surface area contributed by atoms with Crippen LogP contribution in [0.3, 0.4) is 0 Å². The van der Waals surface area contributed by atoms with Gasteiger partial charge < -0.3 is 37.6 Å². The molecule has 0 saturated heterocycles. The van der Waals surface area contributed by atoms with E-state index in [0.717, 1.165) is 0 Å². The Morgan fingerprint density at radius 2 is 1.10 bits per heavy atom. The maximum atomic E-state index is 13.1. The maximum absolute atomic E-state index is 13.1. The summed E-state index contributed by atoms with van der Waals surface area (Å²) in [7, 11) is 10.3. The van der Waals surface area contributed by atoms with Gasteiger partial charge in [-0.2, -0.15) is 0 Å². The predicted octanol–water partition coefficient (Wildman–Crippen LogP) is 3.52. The largest absolute Gasteiger partial charge is 0.496 e. The lowest BCUT2D eigenvalue weighted by Crippen LogP contribution is -2.06. The number of methoxy groups -OCH3 is 7. The van der Waals surface area contributed by atoms with E-state index in [2.05, 4.69) is 0 Å². The first kappa shape index (κ1) is 21.9. The highest BCUT2D eigenvalue weighted by atomic mass is 16.5. The minimum absolute atomic E-state index is 0.196. The molecular weight excluding hydrogens is 408 g/mol. The highest BCUT2D eigenvalue weighted by Gasteiger charge is 2.27. The van der Waals surface area contributed by atoms with Crippen LogP contribution in [0.25, 0.3) is 22.3 Å². The maximum Gasteiger partial charge on any atom is 0.204 e. The lowest BCUT2D eigenvalue weighted by molar-refractivity contribution is 0.319.